The summed E-state index contributed by atoms with van der Waals surface area (Å²) in [5.74, 6) is -1.08. The second-order valence-electron chi connectivity index (χ2n) is 9.92. The van der Waals surface area contributed by atoms with Crippen molar-refractivity contribution in [2.45, 2.75) is 26.2 Å². The van der Waals surface area contributed by atoms with Crippen LogP contribution in [0.1, 0.15) is 44.7 Å². The molecular weight excluding hydrogens is 522 g/mol. The third kappa shape index (κ3) is 6.17. The molecule has 0 aliphatic carbocycles. The number of carbonyl (C=O) groups excluding carboxylic acids is 2. The summed E-state index contributed by atoms with van der Waals surface area (Å²) in [6, 6.07) is 21.7. The maximum absolute atomic E-state index is 13.5. The Hall–Kier alpha value is -4.85. The fourth-order valence-corrected chi connectivity index (χ4v) is 4.86. The highest BCUT2D eigenvalue weighted by Crippen LogP contribution is 2.31. The quantitative estimate of drug-likeness (QED) is 0.209. The predicted octanol–water partition coefficient (Wildman–Crippen LogP) is 6.37. The Balaban J connectivity index is 1.36. The molecule has 0 spiro atoms. The second-order valence-corrected chi connectivity index (χ2v) is 9.92. The SMILES string of the molecule is CNC(=O)c1c(-c2ccc(F)cc2)nn2ccc(-c3cc(C(=O)NCCCCc4ccc(F)cc4)ccc3C)cc12. The first kappa shape index (κ1) is 27.7. The van der Waals surface area contributed by atoms with Crippen molar-refractivity contribution in [1.82, 2.24) is 20.2 Å². The number of nitrogens with zero attached hydrogens (tertiary/aromatic N) is 2. The Morgan fingerprint density at radius 1 is 0.829 bits per heavy atom. The number of halogens is 2. The van der Waals surface area contributed by atoms with Crippen LogP contribution in [0.4, 0.5) is 8.78 Å². The zero-order valence-electron chi connectivity index (χ0n) is 22.9. The minimum absolute atomic E-state index is 0.164. The molecule has 41 heavy (non-hydrogen) atoms. The van der Waals surface area contributed by atoms with E-state index in [1.54, 1.807) is 48.1 Å². The third-order valence-corrected chi connectivity index (χ3v) is 7.11. The Bertz CT molecular complexity index is 1710. The number of carbonyl (C=O) groups is 2. The van der Waals surface area contributed by atoms with Crippen molar-refractivity contribution in [3.8, 4) is 22.4 Å². The Morgan fingerprint density at radius 3 is 2.24 bits per heavy atom. The van der Waals surface area contributed by atoms with Crippen molar-refractivity contribution in [2.24, 2.45) is 0 Å². The molecule has 8 heteroatoms. The van der Waals surface area contributed by atoms with Crippen LogP contribution in [-0.2, 0) is 6.42 Å². The van der Waals surface area contributed by atoms with Crippen molar-refractivity contribution in [1.29, 1.82) is 0 Å². The zero-order chi connectivity index (χ0) is 28.9. The van der Waals surface area contributed by atoms with E-state index in [1.165, 1.54) is 24.3 Å². The number of benzene rings is 3. The molecule has 5 rings (SSSR count). The van der Waals surface area contributed by atoms with Gasteiger partial charge in [0.15, 0.2) is 0 Å². The Kier molecular flexibility index (Phi) is 8.19. The summed E-state index contributed by atoms with van der Waals surface area (Å²) >= 11 is 0. The number of hydrogen-bond donors (Lipinski definition) is 2. The lowest BCUT2D eigenvalue weighted by atomic mass is 9.97. The highest BCUT2D eigenvalue weighted by atomic mass is 19.1. The maximum atomic E-state index is 13.5. The highest BCUT2D eigenvalue weighted by Gasteiger charge is 2.21. The number of pyridine rings is 1. The molecular formula is C33H30F2N4O2. The summed E-state index contributed by atoms with van der Waals surface area (Å²) < 4.78 is 28.2. The monoisotopic (exact) mass is 552 g/mol. The van der Waals surface area contributed by atoms with Gasteiger partial charge in [-0.05, 0) is 109 Å². The van der Waals surface area contributed by atoms with Gasteiger partial charge in [-0.2, -0.15) is 5.10 Å². The van der Waals surface area contributed by atoms with Crippen LogP contribution in [0.15, 0.2) is 85.1 Å². The largest absolute Gasteiger partial charge is 0.355 e. The van der Waals surface area contributed by atoms with Crippen molar-refractivity contribution < 1.29 is 18.4 Å². The Morgan fingerprint density at radius 2 is 1.54 bits per heavy atom. The van der Waals surface area contributed by atoms with Gasteiger partial charge < -0.3 is 10.6 Å². The van der Waals surface area contributed by atoms with Crippen LogP contribution in [0.3, 0.4) is 0 Å². The molecule has 5 aromatic rings. The third-order valence-electron chi connectivity index (χ3n) is 7.11. The molecule has 208 valence electrons. The number of amides is 2. The lowest BCUT2D eigenvalue weighted by molar-refractivity contribution is 0.0949. The van der Waals surface area contributed by atoms with E-state index in [0.717, 1.165) is 41.5 Å². The summed E-state index contributed by atoms with van der Waals surface area (Å²) in [6.07, 6.45) is 4.28. The normalized spacial score (nSPS) is 11.0. The van der Waals surface area contributed by atoms with Gasteiger partial charge in [-0.15, -0.1) is 0 Å². The second kappa shape index (κ2) is 12.1. The fourth-order valence-electron chi connectivity index (χ4n) is 4.86. The summed E-state index contributed by atoms with van der Waals surface area (Å²) in [4.78, 5) is 25.9. The van der Waals surface area contributed by atoms with E-state index in [1.807, 2.05) is 31.2 Å². The first-order chi connectivity index (χ1) is 19.8. The zero-order valence-corrected chi connectivity index (χ0v) is 22.9. The van der Waals surface area contributed by atoms with Crippen LogP contribution in [-0.4, -0.2) is 35.0 Å². The average Bonchev–Trinajstić information content (AvgIpc) is 3.37. The van der Waals surface area contributed by atoms with Crippen LogP contribution in [0.25, 0.3) is 27.9 Å². The minimum atomic E-state index is -0.370. The summed E-state index contributed by atoms with van der Waals surface area (Å²) in [5.41, 5.74) is 6.34. The molecule has 0 unspecified atom stereocenters. The van der Waals surface area contributed by atoms with Crippen molar-refractivity contribution in [2.75, 3.05) is 13.6 Å². The lowest BCUT2D eigenvalue weighted by Crippen LogP contribution is -2.24. The number of fused-ring (bicyclic) bond motifs is 1. The molecule has 3 aromatic carbocycles. The van der Waals surface area contributed by atoms with Gasteiger partial charge in [0.05, 0.1) is 11.1 Å². The molecule has 6 nitrogen and oxygen atoms in total. The minimum Gasteiger partial charge on any atom is -0.355 e. The molecule has 0 radical (unpaired) electrons. The molecule has 0 saturated heterocycles. The molecule has 2 N–H and O–H groups in total. The van der Waals surface area contributed by atoms with E-state index >= 15 is 0 Å². The van der Waals surface area contributed by atoms with Crippen LogP contribution in [0, 0.1) is 18.6 Å². The molecule has 2 amide bonds. The summed E-state index contributed by atoms with van der Waals surface area (Å²) in [6.45, 7) is 2.50. The molecule has 0 bridgehead atoms. The smallest absolute Gasteiger partial charge is 0.255 e. The predicted molar refractivity (Wildman–Crippen MR) is 156 cm³/mol. The van der Waals surface area contributed by atoms with E-state index in [-0.39, 0.29) is 23.4 Å². The molecule has 0 saturated carbocycles. The average molecular weight is 553 g/mol. The highest BCUT2D eigenvalue weighted by molar-refractivity contribution is 6.07. The first-order valence-corrected chi connectivity index (χ1v) is 13.5. The fraction of sp³-hybridized carbons (Fsp3) is 0.182. The van der Waals surface area contributed by atoms with Gasteiger partial charge >= 0.3 is 0 Å². The topological polar surface area (TPSA) is 75.5 Å². The van der Waals surface area contributed by atoms with Gasteiger partial charge in [0, 0.05) is 30.9 Å². The van der Waals surface area contributed by atoms with Crippen molar-refractivity contribution in [3.63, 3.8) is 0 Å². The van der Waals surface area contributed by atoms with Crippen molar-refractivity contribution in [3.05, 3.63) is 119 Å². The van der Waals surface area contributed by atoms with Crippen LogP contribution < -0.4 is 10.6 Å². The van der Waals surface area contributed by atoms with Gasteiger partial charge in [-0.3, -0.25) is 9.59 Å². The summed E-state index contributed by atoms with van der Waals surface area (Å²) in [7, 11) is 1.55. The van der Waals surface area contributed by atoms with Crippen LogP contribution in [0.2, 0.25) is 0 Å². The van der Waals surface area contributed by atoms with Crippen LogP contribution >= 0.6 is 0 Å². The molecule has 0 atom stereocenters. The van der Waals surface area contributed by atoms with E-state index in [9.17, 15) is 18.4 Å². The molecule has 2 aromatic heterocycles. The van der Waals surface area contributed by atoms with Gasteiger partial charge in [0.2, 0.25) is 0 Å². The van der Waals surface area contributed by atoms with Crippen molar-refractivity contribution >= 4 is 17.3 Å². The number of unbranched alkanes of at least 4 members (excludes halogenated alkanes) is 1. The molecule has 0 fully saturated rings. The van der Waals surface area contributed by atoms with Gasteiger partial charge in [0.25, 0.3) is 11.8 Å². The summed E-state index contributed by atoms with van der Waals surface area (Å²) in [5, 5.41) is 10.3. The molecule has 0 aliphatic rings. The number of nitrogens with one attached hydrogen (secondary N) is 2. The molecule has 0 aliphatic heterocycles. The van der Waals surface area contributed by atoms with Gasteiger partial charge in [-0.25, -0.2) is 13.3 Å². The molecule has 2 heterocycles. The van der Waals surface area contributed by atoms with E-state index in [0.29, 0.717) is 34.4 Å². The first-order valence-electron chi connectivity index (χ1n) is 13.5. The van der Waals surface area contributed by atoms with Gasteiger partial charge in [-0.1, -0.05) is 18.2 Å². The Labute approximate surface area is 237 Å². The van der Waals surface area contributed by atoms with E-state index in [4.69, 9.17) is 0 Å². The lowest BCUT2D eigenvalue weighted by Gasteiger charge is -2.11. The maximum Gasteiger partial charge on any atom is 0.255 e. The van der Waals surface area contributed by atoms with E-state index in [2.05, 4.69) is 15.7 Å². The van der Waals surface area contributed by atoms with Gasteiger partial charge in [0.1, 0.15) is 17.3 Å². The number of aryl methyl sites for hydroxylation is 2. The number of rotatable bonds is 9. The van der Waals surface area contributed by atoms with E-state index < -0.39 is 0 Å². The number of aromatic nitrogens is 2. The number of hydrogen-bond acceptors (Lipinski definition) is 3. The van der Waals surface area contributed by atoms with Crippen LogP contribution in [0.5, 0.6) is 0 Å². The standard InChI is InChI=1S/C33H30F2N4O2/c1-21-6-9-25(32(40)37-17-4-3-5-22-7-12-26(34)13-8-22)19-28(21)24-16-18-39-29(20-24)30(33(41)36-2)31(38-39)23-10-14-27(35)15-11-23/h6-16,18-20H,3-5,17H2,1-2H3,(H,36,41)(H,37,40).